The van der Waals surface area contributed by atoms with E-state index in [0.717, 1.165) is 18.8 Å². The molecule has 0 aromatic heterocycles. The maximum Gasteiger partial charge on any atom is 0.264 e. The van der Waals surface area contributed by atoms with Crippen LogP contribution in [0, 0.1) is 0 Å². The van der Waals surface area contributed by atoms with E-state index in [2.05, 4.69) is 17.5 Å². The van der Waals surface area contributed by atoms with E-state index in [0.29, 0.717) is 18.1 Å². The lowest BCUT2D eigenvalue weighted by Gasteiger charge is -2.29. The van der Waals surface area contributed by atoms with Gasteiger partial charge in [0.15, 0.2) is 0 Å². The molecular weight excluding hydrogens is 232 g/mol. The SMILES string of the molecule is FC(F)c1ccc(N2CCOCC2)cc1S. The molecule has 0 saturated carbocycles. The molecule has 1 aromatic carbocycles. The maximum atomic E-state index is 12.5. The predicted molar refractivity (Wildman–Crippen MR) is 61.7 cm³/mol. The first-order chi connectivity index (χ1) is 7.68. The molecule has 1 saturated heterocycles. The van der Waals surface area contributed by atoms with Crippen LogP contribution in [-0.2, 0) is 4.74 Å². The Morgan fingerprint density at radius 3 is 2.50 bits per heavy atom. The summed E-state index contributed by atoms with van der Waals surface area (Å²) in [4.78, 5) is 2.46. The second-order valence-corrected chi connectivity index (χ2v) is 4.13. The Morgan fingerprint density at radius 1 is 1.25 bits per heavy atom. The monoisotopic (exact) mass is 245 g/mol. The minimum Gasteiger partial charge on any atom is -0.378 e. The van der Waals surface area contributed by atoms with Gasteiger partial charge in [0.1, 0.15) is 0 Å². The van der Waals surface area contributed by atoms with Crippen molar-refractivity contribution in [2.24, 2.45) is 0 Å². The van der Waals surface area contributed by atoms with Crippen molar-refractivity contribution in [3.05, 3.63) is 23.8 Å². The standard InChI is InChI=1S/C11H13F2NOS/c12-11(13)9-2-1-8(7-10(9)16)14-3-5-15-6-4-14/h1-2,7,11,16H,3-6H2. The lowest BCUT2D eigenvalue weighted by molar-refractivity contribution is 0.122. The third kappa shape index (κ3) is 2.47. The number of alkyl halides is 2. The van der Waals surface area contributed by atoms with Crippen molar-refractivity contribution in [2.75, 3.05) is 31.2 Å². The van der Waals surface area contributed by atoms with Crippen molar-refractivity contribution >= 4 is 18.3 Å². The van der Waals surface area contributed by atoms with Crippen LogP contribution in [0.15, 0.2) is 23.1 Å². The van der Waals surface area contributed by atoms with Crippen LogP contribution in [-0.4, -0.2) is 26.3 Å². The Kier molecular flexibility index (Phi) is 3.66. The number of halogens is 2. The average molecular weight is 245 g/mol. The van der Waals surface area contributed by atoms with E-state index in [1.54, 1.807) is 12.1 Å². The largest absolute Gasteiger partial charge is 0.378 e. The number of rotatable bonds is 2. The van der Waals surface area contributed by atoms with Crippen LogP contribution in [0.5, 0.6) is 0 Å². The zero-order valence-electron chi connectivity index (χ0n) is 8.70. The molecule has 0 amide bonds. The molecule has 0 N–H and O–H groups in total. The lowest BCUT2D eigenvalue weighted by Crippen LogP contribution is -2.36. The summed E-state index contributed by atoms with van der Waals surface area (Å²) in [5, 5.41) is 0. The summed E-state index contributed by atoms with van der Waals surface area (Å²) < 4.78 is 30.3. The van der Waals surface area contributed by atoms with Gasteiger partial charge in [-0.05, 0) is 12.1 Å². The van der Waals surface area contributed by atoms with Crippen LogP contribution in [0.3, 0.4) is 0 Å². The second-order valence-electron chi connectivity index (χ2n) is 3.64. The van der Waals surface area contributed by atoms with Crippen molar-refractivity contribution < 1.29 is 13.5 Å². The number of anilines is 1. The summed E-state index contributed by atoms with van der Waals surface area (Å²) in [7, 11) is 0. The van der Waals surface area contributed by atoms with Gasteiger partial charge < -0.3 is 9.64 Å². The molecule has 5 heteroatoms. The van der Waals surface area contributed by atoms with Gasteiger partial charge in [-0.1, -0.05) is 6.07 Å². The van der Waals surface area contributed by atoms with Gasteiger partial charge in [-0.3, -0.25) is 0 Å². The van der Waals surface area contributed by atoms with E-state index in [1.807, 2.05) is 0 Å². The number of benzene rings is 1. The Hall–Kier alpha value is -0.810. The van der Waals surface area contributed by atoms with Crippen LogP contribution in [0.4, 0.5) is 14.5 Å². The molecular formula is C11H13F2NOS. The molecule has 1 aromatic rings. The Balaban J connectivity index is 2.19. The molecule has 0 unspecified atom stereocenters. The zero-order valence-corrected chi connectivity index (χ0v) is 9.59. The van der Waals surface area contributed by atoms with Crippen LogP contribution < -0.4 is 4.90 Å². The van der Waals surface area contributed by atoms with Crippen molar-refractivity contribution in [1.82, 2.24) is 0 Å². The molecule has 16 heavy (non-hydrogen) atoms. The highest BCUT2D eigenvalue weighted by molar-refractivity contribution is 7.80. The van der Waals surface area contributed by atoms with Crippen molar-refractivity contribution in [3.63, 3.8) is 0 Å². The summed E-state index contributed by atoms with van der Waals surface area (Å²) in [6.07, 6.45) is -2.47. The average Bonchev–Trinajstić information content (AvgIpc) is 2.29. The molecule has 1 heterocycles. The number of morpholine rings is 1. The van der Waals surface area contributed by atoms with Crippen molar-refractivity contribution in [2.45, 2.75) is 11.3 Å². The Labute approximate surface area is 98.6 Å². The summed E-state index contributed by atoms with van der Waals surface area (Å²) >= 11 is 4.09. The first-order valence-corrected chi connectivity index (χ1v) is 5.57. The highest BCUT2D eigenvalue weighted by Gasteiger charge is 2.15. The van der Waals surface area contributed by atoms with Gasteiger partial charge in [0.05, 0.1) is 13.2 Å². The molecule has 2 rings (SSSR count). The number of ether oxygens (including phenoxy) is 1. The summed E-state index contributed by atoms with van der Waals surface area (Å²) in [5.41, 5.74) is 0.915. The van der Waals surface area contributed by atoms with Crippen LogP contribution in [0.25, 0.3) is 0 Å². The molecule has 0 bridgehead atoms. The topological polar surface area (TPSA) is 12.5 Å². The van der Waals surface area contributed by atoms with Gasteiger partial charge in [-0.15, -0.1) is 12.6 Å². The number of hydrogen-bond acceptors (Lipinski definition) is 3. The number of hydrogen-bond donors (Lipinski definition) is 1. The number of nitrogens with zero attached hydrogens (tertiary/aromatic N) is 1. The van der Waals surface area contributed by atoms with E-state index in [4.69, 9.17) is 4.74 Å². The van der Waals surface area contributed by atoms with Crippen LogP contribution in [0.1, 0.15) is 12.0 Å². The fraction of sp³-hybridized carbons (Fsp3) is 0.455. The van der Waals surface area contributed by atoms with Crippen LogP contribution in [0.2, 0.25) is 0 Å². The second kappa shape index (κ2) is 5.01. The quantitative estimate of drug-likeness (QED) is 0.804. The third-order valence-corrected chi connectivity index (χ3v) is 3.01. The molecule has 1 aliphatic heterocycles. The van der Waals surface area contributed by atoms with Crippen molar-refractivity contribution in [1.29, 1.82) is 0 Å². The summed E-state index contributed by atoms with van der Waals surface area (Å²) in [6.45, 7) is 2.94. The fourth-order valence-corrected chi connectivity index (χ4v) is 2.04. The Morgan fingerprint density at radius 2 is 1.94 bits per heavy atom. The van der Waals surface area contributed by atoms with E-state index >= 15 is 0 Å². The third-order valence-electron chi connectivity index (χ3n) is 2.63. The molecule has 2 nitrogen and oxygen atoms in total. The van der Waals surface area contributed by atoms with Gasteiger partial charge in [-0.2, -0.15) is 0 Å². The van der Waals surface area contributed by atoms with E-state index < -0.39 is 6.43 Å². The first kappa shape index (κ1) is 11.7. The molecule has 88 valence electrons. The van der Waals surface area contributed by atoms with Gasteiger partial charge in [0.25, 0.3) is 6.43 Å². The maximum absolute atomic E-state index is 12.5. The van der Waals surface area contributed by atoms with Gasteiger partial charge >= 0.3 is 0 Å². The smallest absolute Gasteiger partial charge is 0.264 e. The summed E-state index contributed by atoms with van der Waals surface area (Å²) in [5.74, 6) is 0. The molecule has 0 atom stereocenters. The molecule has 0 radical (unpaired) electrons. The Bertz CT molecular complexity index is 367. The number of thiol groups is 1. The normalized spacial score (nSPS) is 16.9. The first-order valence-electron chi connectivity index (χ1n) is 5.12. The zero-order chi connectivity index (χ0) is 11.5. The van der Waals surface area contributed by atoms with E-state index in [1.165, 1.54) is 6.07 Å². The predicted octanol–water partition coefficient (Wildman–Crippen LogP) is 2.75. The summed E-state index contributed by atoms with van der Waals surface area (Å²) in [6, 6.07) is 4.85. The van der Waals surface area contributed by atoms with Crippen LogP contribution >= 0.6 is 12.6 Å². The van der Waals surface area contributed by atoms with Gasteiger partial charge in [-0.25, -0.2) is 8.78 Å². The molecule has 0 spiro atoms. The molecule has 1 fully saturated rings. The van der Waals surface area contributed by atoms with Crippen molar-refractivity contribution in [3.8, 4) is 0 Å². The van der Waals surface area contributed by atoms with E-state index in [-0.39, 0.29) is 5.56 Å². The lowest BCUT2D eigenvalue weighted by atomic mass is 10.2. The molecule has 0 aliphatic carbocycles. The highest BCUT2D eigenvalue weighted by Crippen LogP contribution is 2.29. The molecule has 1 aliphatic rings. The highest BCUT2D eigenvalue weighted by atomic mass is 32.1. The van der Waals surface area contributed by atoms with Gasteiger partial charge in [0.2, 0.25) is 0 Å². The van der Waals surface area contributed by atoms with E-state index in [9.17, 15) is 8.78 Å². The fourth-order valence-electron chi connectivity index (χ4n) is 1.73. The van der Waals surface area contributed by atoms with Gasteiger partial charge in [0, 0.05) is 29.2 Å². The minimum atomic E-state index is -2.47. The minimum absolute atomic E-state index is 0.0136.